The monoisotopic (exact) mass is 238 g/mol. The molecule has 0 spiro atoms. The second-order valence-electron chi connectivity index (χ2n) is 3.35. The molecule has 2 aromatic heterocycles. The molecule has 0 bridgehead atoms. The fourth-order valence-corrected chi connectivity index (χ4v) is 2.87. The van der Waals surface area contributed by atoms with Gasteiger partial charge in [-0.3, -0.25) is 0 Å². The highest BCUT2D eigenvalue weighted by atomic mass is 32.1. The molecule has 0 aromatic carbocycles. The van der Waals surface area contributed by atoms with Gasteiger partial charge in [-0.15, -0.1) is 22.7 Å². The second kappa shape index (κ2) is 4.77. The third-order valence-electron chi connectivity index (χ3n) is 2.11. The normalized spacial score (nSPS) is 10.5. The highest BCUT2D eigenvalue weighted by Gasteiger charge is 2.01. The smallest absolute Gasteiger partial charge is 0.183 e. The molecule has 1 N–H and O–H groups in total. The molecule has 0 aliphatic heterocycles. The van der Waals surface area contributed by atoms with Crippen LogP contribution in [-0.2, 0) is 13.0 Å². The first-order valence-corrected chi connectivity index (χ1v) is 6.65. The Hall–Kier alpha value is -0.870. The SMILES string of the molecule is CCc1cnc(NCc2ccc(C)s2)s1. The van der Waals surface area contributed by atoms with Gasteiger partial charge in [-0.25, -0.2) is 4.98 Å². The third kappa shape index (κ3) is 2.79. The van der Waals surface area contributed by atoms with Gasteiger partial charge in [-0.1, -0.05) is 6.92 Å². The van der Waals surface area contributed by atoms with E-state index in [-0.39, 0.29) is 0 Å². The molecule has 0 amide bonds. The summed E-state index contributed by atoms with van der Waals surface area (Å²) in [6.45, 7) is 5.17. The van der Waals surface area contributed by atoms with Crippen molar-refractivity contribution in [2.45, 2.75) is 26.8 Å². The molecule has 0 atom stereocenters. The summed E-state index contributed by atoms with van der Waals surface area (Å²) in [6, 6.07) is 4.32. The quantitative estimate of drug-likeness (QED) is 0.878. The van der Waals surface area contributed by atoms with Crippen molar-refractivity contribution in [3.8, 4) is 0 Å². The molecule has 2 heterocycles. The molecule has 2 aromatic rings. The van der Waals surface area contributed by atoms with Crippen LogP contribution < -0.4 is 5.32 Å². The standard InChI is InChI=1S/C11H14N2S2/c1-3-9-6-12-11(15-9)13-7-10-5-4-8(2)14-10/h4-6H,3,7H2,1-2H3,(H,12,13). The van der Waals surface area contributed by atoms with Crippen LogP contribution in [0.1, 0.15) is 21.6 Å². The zero-order valence-electron chi connectivity index (χ0n) is 8.91. The predicted octanol–water partition coefficient (Wildman–Crippen LogP) is 3.69. The average Bonchev–Trinajstić information content (AvgIpc) is 2.83. The number of aryl methyl sites for hydroxylation is 2. The predicted molar refractivity (Wildman–Crippen MR) is 67.9 cm³/mol. The lowest BCUT2D eigenvalue weighted by Gasteiger charge is -1.98. The highest BCUT2D eigenvalue weighted by Crippen LogP contribution is 2.21. The van der Waals surface area contributed by atoms with Gasteiger partial charge in [-0.2, -0.15) is 0 Å². The van der Waals surface area contributed by atoms with E-state index in [1.807, 2.05) is 17.5 Å². The van der Waals surface area contributed by atoms with E-state index in [4.69, 9.17) is 0 Å². The summed E-state index contributed by atoms with van der Waals surface area (Å²) >= 11 is 3.58. The molecular weight excluding hydrogens is 224 g/mol. The van der Waals surface area contributed by atoms with Gasteiger partial charge in [0.05, 0.1) is 6.54 Å². The summed E-state index contributed by atoms with van der Waals surface area (Å²) in [4.78, 5) is 8.38. The van der Waals surface area contributed by atoms with E-state index in [9.17, 15) is 0 Å². The van der Waals surface area contributed by atoms with Crippen LogP contribution in [0.5, 0.6) is 0 Å². The minimum absolute atomic E-state index is 0.884. The Morgan fingerprint density at radius 1 is 1.27 bits per heavy atom. The molecule has 2 rings (SSSR count). The number of anilines is 1. The first-order chi connectivity index (χ1) is 7.28. The molecule has 0 aliphatic rings. The number of nitrogens with zero attached hydrogens (tertiary/aromatic N) is 1. The van der Waals surface area contributed by atoms with Crippen molar-refractivity contribution in [1.82, 2.24) is 4.98 Å². The second-order valence-corrected chi connectivity index (χ2v) is 5.84. The van der Waals surface area contributed by atoms with Gasteiger partial charge >= 0.3 is 0 Å². The van der Waals surface area contributed by atoms with Gasteiger partial charge in [0.25, 0.3) is 0 Å². The summed E-state index contributed by atoms with van der Waals surface area (Å²) < 4.78 is 0. The van der Waals surface area contributed by atoms with Gasteiger partial charge in [0, 0.05) is 20.8 Å². The summed E-state index contributed by atoms with van der Waals surface area (Å²) in [5.74, 6) is 0. The maximum absolute atomic E-state index is 4.32. The van der Waals surface area contributed by atoms with Crippen LogP contribution in [0.15, 0.2) is 18.3 Å². The van der Waals surface area contributed by atoms with E-state index in [1.165, 1.54) is 14.6 Å². The fraction of sp³-hybridized carbons (Fsp3) is 0.364. The van der Waals surface area contributed by atoms with Crippen molar-refractivity contribution in [3.05, 3.63) is 33.0 Å². The van der Waals surface area contributed by atoms with Gasteiger partial charge in [-0.05, 0) is 25.5 Å². The summed E-state index contributed by atoms with van der Waals surface area (Å²) in [7, 11) is 0. The van der Waals surface area contributed by atoms with E-state index in [0.717, 1.165) is 18.1 Å². The average molecular weight is 238 g/mol. The number of nitrogens with one attached hydrogen (secondary N) is 1. The minimum atomic E-state index is 0.884. The number of aromatic nitrogens is 1. The van der Waals surface area contributed by atoms with Gasteiger partial charge in [0.2, 0.25) is 0 Å². The molecule has 0 aliphatic carbocycles. The van der Waals surface area contributed by atoms with Crippen molar-refractivity contribution in [3.63, 3.8) is 0 Å². The van der Waals surface area contributed by atoms with Crippen LogP contribution in [0, 0.1) is 6.92 Å². The van der Waals surface area contributed by atoms with E-state index >= 15 is 0 Å². The number of hydrogen-bond acceptors (Lipinski definition) is 4. The van der Waals surface area contributed by atoms with Crippen LogP contribution in [0.4, 0.5) is 5.13 Å². The largest absolute Gasteiger partial charge is 0.357 e. The Morgan fingerprint density at radius 3 is 2.73 bits per heavy atom. The van der Waals surface area contributed by atoms with Gasteiger partial charge in [0.1, 0.15) is 0 Å². The van der Waals surface area contributed by atoms with Crippen molar-refractivity contribution in [1.29, 1.82) is 0 Å². The number of thiophene rings is 1. The fourth-order valence-electron chi connectivity index (χ4n) is 1.30. The van der Waals surface area contributed by atoms with E-state index in [1.54, 1.807) is 11.3 Å². The topological polar surface area (TPSA) is 24.9 Å². The minimum Gasteiger partial charge on any atom is -0.357 e. The van der Waals surface area contributed by atoms with Gasteiger partial charge < -0.3 is 5.32 Å². The first kappa shape index (κ1) is 10.6. The Morgan fingerprint density at radius 2 is 2.13 bits per heavy atom. The zero-order valence-corrected chi connectivity index (χ0v) is 10.5. The molecule has 0 saturated heterocycles. The van der Waals surface area contributed by atoms with Gasteiger partial charge in [0.15, 0.2) is 5.13 Å². The van der Waals surface area contributed by atoms with Crippen molar-refractivity contribution < 1.29 is 0 Å². The van der Waals surface area contributed by atoms with Crippen LogP contribution >= 0.6 is 22.7 Å². The Labute approximate surface area is 98.0 Å². The van der Waals surface area contributed by atoms with E-state index < -0.39 is 0 Å². The number of rotatable bonds is 4. The molecule has 80 valence electrons. The first-order valence-electron chi connectivity index (χ1n) is 5.02. The molecular formula is C11H14N2S2. The molecule has 2 nitrogen and oxygen atoms in total. The maximum atomic E-state index is 4.32. The highest BCUT2D eigenvalue weighted by molar-refractivity contribution is 7.15. The summed E-state index contributed by atoms with van der Waals surface area (Å²) in [5, 5.41) is 4.37. The lowest BCUT2D eigenvalue weighted by molar-refractivity contribution is 1.15. The Kier molecular flexibility index (Phi) is 3.38. The molecule has 0 saturated carbocycles. The third-order valence-corrected chi connectivity index (χ3v) is 4.21. The maximum Gasteiger partial charge on any atom is 0.183 e. The molecule has 4 heteroatoms. The van der Waals surface area contributed by atoms with Crippen molar-refractivity contribution >= 4 is 27.8 Å². The molecule has 0 fully saturated rings. The van der Waals surface area contributed by atoms with E-state index in [0.29, 0.717) is 0 Å². The molecule has 0 radical (unpaired) electrons. The zero-order chi connectivity index (χ0) is 10.7. The van der Waals surface area contributed by atoms with Crippen LogP contribution in [0.2, 0.25) is 0 Å². The Bertz CT molecular complexity index is 431. The lowest BCUT2D eigenvalue weighted by atomic mass is 10.4. The van der Waals surface area contributed by atoms with Crippen molar-refractivity contribution in [2.24, 2.45) is 0 Å². The van der Waals surface area contributed by atoms with Crippen LogP contribution in [0.3, 0.4) is 0 Å². The summed E-state index contributed by atoms with van der Waals surface area (Å²) in [6.07, 6.45) is 3.02. The summed E-state index contributed by atoms with van der Waals surface area (Å²) in [5.41, 5.74) is 0. The lowest BCUT2D eigenvalue weighted by Crippen LogP contribution is -1.95. The van der Waals surface area contributed by atoms with Crippen LogP contribution in [0.25, 0.3) is 0 Å². The number of thiazole rings is 1. The van der Waals surface area contributed by atoms with E-state index in [2.05, 4.69) is 36.3 Å². The Balaban J connectivity index is 1.93. The van der Waals surface area contributed by atoms with Crippen LogP contribution in [-0.4, -0.2) is 4.98 Å². The molecule has 0 unspecified atom stereocenters. The van der Waals surface area contributed by atoms with Crippen molar-refractivity contribution in [2.75, 3.05) is 5.32 Å². The number of hydrogen-bond donors (Lipinski definition) is 1. The molecule has 15 heavy (non-hydrogen) atoms.